The Balaban J connectivity index is 1.48. The van der Waals surface area contributed by atoms with Gasteiger partial charge in [-0.2, -0.15) is 4.98 Å². The van der Waals surface area contributed by atoms with Crippen molar-refractivity contribution in [3.05, 3.63) is 52.3 Å². The summed E-state index contributed by atoms with van der Waals surface area (Å²) in [6, 6.07) is 2.70. The molecule has 0 aliphatic heterocycles. The van der Waals surface area contributed by atoms with E-state index < -0.39 is 23.7 Å². The molecule has 34 heavy (non-hydrogen) atoms. The number of halogens is 1. The van der Waals surface area contributed by atoms with Crippen LogP contribution in [0.1, 0.15) is 86.8 Å². The molecule has 3 atom stereocenters. The van der Waals surface area contributed by atoms with Crippen LogP contribution in [-0.4, -0.2) is 37.1 Å². The van der Waals surface area contributed by atoms with Crippen molar-refractivity contribution in [3.63, 3.8) is 0 Å². The summed E-state index contributed by atoms with van der Waals surface area (Å²) in [5, 5.41) is 2.69. The van der Waals surface area contributed by atoms with Crippen molar-refractivity contribution in [2.45, 2.75) is 83.0 Å². The topological polar surface area (TPSA) is 90.5 Å². The lowest BCUT2D eigenvalue weighted by atomic mass is 9.96. The summed E-state index contributed by atoms with van der Waals surface area (Å²) in [4.78, 5) is 35.4. The van der Waals surface area contributed by atoms with Gasteiger partial charge in [-0.25, -0.2) is 9.37 Å². The Morgan fingerprint density at radius 1 is 1.29 bits per heavy atom. The standard InChI is InChI=1S/C25H30FN5O3/c1-3-7-15(4-2)20-14-30-13-17(23(29-25(30)28-20)34-16-8-5-9-16)22(32)27-19-10-6-11-31(24(19)33)21-12-18(21)26/h6,10-11,13-16,18,21H,3-5,7-9,12H2,1-2H3,(H,27,32). The van der Waals surface area contributed by atoms with Crippen LogP contribution in [-0.2, 0) is 0 Å². The summed E-state index contributed by atoms with van der Waals surface area (Å²) in [5.41, 5.74) is 0.852. The smallest absolute Gasteiger partial charge is 0.274 e. The van der Waals surface area contributed by atoms with E-state index in [1.807, 2.05) is 6.20 Å². The van der Waals surface area contributed by atoms with E-state index >= 15 is 0 Å². The molecule has 2 aliphatic rings. The van der Waals surface area contributed by atoms with Gasteiger partial charge >= 0.3 is 0 Å². The van der Waals surface area contributed by atoms with Gasteiger partial charge in [0.25, 0.3) is 11.5 Å². The minimum absolute atomic E-state index is 0.0183. The molecular formula is C25H30FN5O3. The lowest BCUT2D eigenvalue weighted by molar-refractivity contribution is 0.0979. The number of pyridine rings is 1. The van der Waals surface area contributed by atoms with E-state index in [1.54, 1.807) is 22.9 Å². The van der Waals surface area contributed by atoms with Crippen molar-refractivity contribution in [1.82, 2.24) is 18.9 Å². The third-order valence-corrected chi connectivity index (χ3v) is 6.82. The molecule has 3 aromatic rings. The van der Waals surface area contributed by atoms with Crippen LogP contribution in [0.25, 0.3) is 5.78 Å². The number of nitrogens with zero attached hydrogens (tertiary/aromatic N) is 4. The van der Waals surface area contributed by atoms with E-state index in [4.69, 9.17) is 9.72 Å². The van der Waals surface area contributed by atoms with E-state index in [2.05, 4.69) is 24.1 Å². The molecule has 2 aliphatic carbocycles. The molecule has 2 saturated carbocycles. The monoisotopic (exact) mass is 467 g/mol. The van der Waals surface area contributed by atoms with Crippen LogP contribution in [0, 0.1) is 0 Å². The molecule has 3 aromatic heterocycles. The Kier molecular flexibility index (Phi) is 6.10. The number of carbonyl (C=O) groups excluding carboxylic acids is 1. The highest BCUT2D eigenvalue weighted by molar-refractivity contribution is 6.05. The molecular weight excluding hydrogens is 437 g/mol. The fourth-order valence-corrected chi connectivity index (χ4v) is 4.42. The average Bonchev–Trinajstić information content (AvgIpc) is 3.37. The van der Waals surface area contributed by atoms with Crippen LogP contribution < -0.4 is 15.6 Å². The van der Waals surface area contributed by atoms with Gasteiger partial charge in [0, 0.05) is 30.9 Å². The maximum Gasteiger partial charge on any atom is 0.274 e. The van der Waals surface area contributed by atoms with Gasteiger partial charge in [-0.3, -0.25) is 14.0 Å². The van der Waals surface area contributed by atoms with Gasteiger partial charge in [-0.1, -0.05) is 20.3 Å². The van der Waals surface area contributed by atoms with Crippen LogP contribution >= 0.6 is 0 Å². The molecule has 1 amide bonds. The number of alkyl halides is 1. The summed E-state index contributed by atoms with van der Waals surface area (Å²) in [6.07, 6.45) is 10.4. The number of carbonyl (C=O) groups is 1. The Morgan fingerprint density at radius 2 is 2.09 bits per heavy atom. The molecule has 5 rings (SSSR count). The summed E-state index contributed by atoms with van der Waals surface area (Å²) >= 11 is 0. The number of imidazole rings is 1. The molecule has 180 valence electrons. The highest BCUT2D eigenvalue weighted by Crippen LogP contribution is 2.37. The van der Waals surface area contributed by atoms with E-state index in [-0.39, 0.29) is 23.2 Å². The molecule has 0 aromatic carbocycles. The van der Waals surface area contributed by atoms with Gasteiger partial charge in [0.05, 0.1) is 11.7 Å². The molecule has 1 N–H and O–H groups in total. The van der Waals surface area contributed by atoms with Crippen molar-refractivity contribution in [3.8, 4) is 5.88 Å². The molecule has 2 fully saturated rings. The number of fused-ring (bicyclic) bond motifs is 1. The Bertz CT molecular complexity index is 1270. The van der Waals surface area contributed by atoms with Crippen molar-refractivity contribution < 1.29 is 13.9 Å². The van der Waals surface area contributed by atoms with Gasteiger partial charge < -0.3 is 14.6 Å². The van der Waals surface area contributed by atoms with Gasteiger partial charge in [-0.15, -0.1) is 0 Å². The van der Waals surface area contributed by atoms with Crippen LogP contribution in [0.3, 0.4) is 0 Å². The zero-order valence-corrected chi connectivity index (χ0v) is 19.5. The number of rotatable bonds is 9. The fourth-order valence-electron chi connectivity index (χ4n) is 4.42. The molecule has 8 nitrogen and oxygen atoms in total. The molecule has 3 heterocycles. The zero-order valence-electron chi connectivity index (χ0n) is 19.5. The first kappa shape index (κ1) is 22.6. The lowest BCUT2D eigenvalue weighted by Gasteiger charge is -2.26. The number of ether oxygens (including phenoxy) is 1. The lowest BCUT2D eigenvalue weighted by Crippen LogP contribution is -2.28. The molecule has 0 spiro atoms. The van der Waals surface area contributed by atoms with E-state index in [1.165, 1.54) is 10.6 Å². The zero-order chi connectivity index (χ0) is 23.8. The van der Waals surface area contributed by atoms with E-state index in [9.17, 15) is 14.0 Å². The largest absolute Gasteiger partial charge is 0.474 e. The minimum atomic E-state index is -1.02. The second-order valence-corrected chi connectivity index (χ2v) is 9.30. The quantitative estimate of drug-likeness (QED) is 0.495. The summed E-state index contributed by atoms with van der Waals surface area (Å²) < 4.78 is 22.7. The number of anilines is 1. The molecule has 0 saturated heterocycles. The second-order valence-electron chi connectivity index (χ2n) is 9.30. The minimum Gasteiger partial charge on any atom is -0.474 e. The first-order valence-corrected chi connectivity index (χ1v) is 12.2. The fraction of sp³-hybridized carbons (Fsp3) is 0.520. The highest BCUT2D eigenvalue weighted by Gasteiger charge is 2.40. The normalized spacial score (nSPS) is 20.7. The third kappa shape index (κ3) is 4.31. The Morgan fingerprint density at radius 3 is 2.74 bits per heavy atom. The predicted octanol–water partition coefficient (Wildman–Crippen LogP) is 4.65. The van der Waals surface area contributed by atoms with Crippen molar-refractivity contribution in [2.75, 3.05) is 5.32 Å². The van der Waals surface area contributed by atoms with E-state index in [0.717, 1.165) is 44.2 Å². The van der Waals surface area contributed by atoms with Gasteiger partial charge in [0.15, 0.2) is 0 Å². The number of nitrogens with one attached hydrogen (secondary N) is 1. The maximum absolute atomic E-state index is 13.5. The Hall–Kier alpha value is -3.23. The maximum atomic E-state index is 13.5. The second kappa shape index (κ2) is 9.19. The van der Waals surface area contributed by atoms with Crippen LogP contribution in [0.5, 0.6) is 5.88 Å². The summed E-state index contributed by atoms with van der Waals surface area (Å²) in [7, 11) is 0. The van der Waals surface area contributed by atoms with Gasteiger partial charge in [0.2, 0.25) is 11.7 Å². The van der Waals surface area contributed by atoms with Crippen LogP contribution in [0.4, 0.5) is 10.1 Å². The Labute approximate surface area is 197 Å². The predicted molar refractivity (Wildman–Crippen MR) is 126 cm³/mol. The van der Waals surface area contributed by atoms with Gasteiger partial charge in [-0.05, 0) is 44.2 Å². The first-order valence-electron chi connectivity index (χ1n) is 12.2. The SMILES string of the molecule is CCCC(CC)c1cn2cc(C(=O)Nc3cccn(C4CC4F)c3=O)c(OC3CCC3)nc2n1. The third-order valence-electron chi connectivity index (χ3n) is 6.82. The summed E-state index contributed by atoms with van der Waals surface area (Å²) in [5.74, 6) is 0.532. The number of aromatic nitrogens is 4. The van der Waals surface area contributed by atoms with Crippen LogP contribution in [0.15, 0.2) is 35.5 Å². The molecule has 9 heteroatoms. The first-order chi connectivity index (χ1) is 16.5. The number of hydrogen-bond acceptors (Lipinski definition) is 5. The average molecular weight is 468 g/mol. The number of amides is 1. The van der Waals surface area contributed by atoms with Crippen LogP contribution in [0.2, 0.25) is 0 Å². The van der Waals surface area contributed by atoms with Gasteiger partial charge in [0.1, 0.15) is 23.5 Å². The van der Waals surface area contributed by atoms with E-state index in [0.29, 0.717) is 18.1 Å². The number of hydrogen-bond donors (Lipinski definition) is 1. The molecule has 3 unspecified atom stereocenters. The summed E-state index contributed by atoms with van der Waals surface area (Å²) in [6.45, 7) is 4.29. The molecule has 0 radical (unpaired) electrons. The molecule has 0 bridgehead atoms. The highest BCUT2D eigenvalue weighted by atomic mass is 19.1. The van der Waals surface area contributed by atoms with Crippen molar-refractivity contribution in [2.24, 2.45) is 0 Å². The van der Waals surface area contributed by atoms with Crippen molar-refractivity contribution >= 4 is 17.4 Å². The van der Waals surface area contributed by atoms with Crippen molar-refractivity contribution in [1.29, 1.82) is 0 Å².